The first kappa shape index (κ1) is 24.1. The number of hydrogen-bond acceptors (Lipinski definition) is 4. The number of carbonyl (C=O) groups excluding carboxylic acids is 2. The van der Waals surface area contributed by atoms with Gasteiger partial charge in [-0.1, -0.05) is 66.2 Å². The number of nitrogens with one attached hydrogen (secondary N) is 2. The van der Waals surface area contributed by atoms with Crippen LogP contribution in [0.5, 0.6) is 5.75 Å². The summed E-state index contributed by atoms with van der Waals surface area (Å²) in [7, 11) is 0. The number of esters is 1. The molecule has 0 aliphatic carbocycles. The zero-order valence-electron chi connectivity index (χ0n) is 20.4. The molecule has 180 valence electrons. The van der Waals surface area contributed by atoms with E-state index in [0.717, 1.165) is 22.3 Å². The molecule has 3 aromatic carbocycles. The van der Waals surface area contributed by atoms with Crippen LogP contribution in [-0.2, 0) is 16.1 Å². The topological polar surface area (TPSA) is 76.7 Å². The van der Waals surface area contributed by atoms with Crippen LogP contribution in [0, 0.1) is 13.8 Å². The van der Waals surface area contributed by atoms with Crippen LogP contribution in [0.1, 0.15) is 47.7 Å². The van der Waals surface area contributed by atoms with E-state index in [1.54, 1.807) is 13.8 Å². The summed E-state index contributed by atoms with van der Waals surface area (Å²) in [6.45, 7) is 8.13. The molecule has 0 aromatic heterocycles. The lowest BCUT2D eigenvalue weighted by molar-refractivity contribution is -0.143. The van der Waals surface area contributed by atoms with Gasteiger partial charge in [-0.2, -0.15) is 0 Å². The molecule has 35 heavy (non-hydrogen) atoms. The number of aryl methyl sites for hydroxylation is 2. The van der Waals surface area contributed by atoms with Crippen molar-refractivity contribution in [3.8, 4) is 5.75 Å². The summed E-state index contributed by atoms with van der Waals surface area (Å²) >= 11 is 0. The Kier molecular flexibility index (Phi) is 7.20. The van der Waals surface area contributed by atoms with Crippen molar-refractivity contribution in [2.45, 2.75) is 46.4 Å². The number of amides is 2. The van der Waals surface area contributed by atoms with E-state index in [0.29, 0.717) is 23.6 Å². The Bertz CT molecular complexity index is 1260. The molecule has 1 aliphatic heterocycles. The molecule has 6 nitrogen and oxygen atoms in total. The van der Waals surface area contributed by atoms with Crippen LogP contribution in [0.15, 0.2) is 78.4 Å². The van der Waals surface area contributed by atoms with Gasteiger partial charge in [-0.25, -0.2) is 9.59 Å². The summed E-state index contributed by atoms with van der Waals surface area (Å²) in [5.41, 5.74) is 5.67. The standard InChI is InChI=1S/C29H30N2O4/c1-18(2)35-28(32)25-26(21-9-6-5-7-10-21)30-29(33)31-27(25)22-11-8-12-24(16-22)34-17-23-15-19(3)13-14-20(23)4/h5-16,18,27H,17H2,1-4H3,(H2,30,31,33). The SMILES string of the molecule is Cc1ccc(C)c(COc2cccc(C3NC(=O)NC(c4ccccc4)=C3C(=O)OC(C)C)c2)c1. The molecule has 0 radical (unpaired) electrons. The first-order chi connectivity index (χ1) is 16.8. The van der Waals surface area contributed by atoms with Crippen LogP contribution in [0.2, 0.25) is 0 Å². The molecule has 1 atom stereocenters. The van der Waals surface area contributed by atoms with E-state index in [9.17, 15) is 9.59 Å². The van der Waals surface area contributed by atoms with E-state index in [1.165, 1.54) is 5.56 Å². The molecule has 2 amide bonds. The minimum absolute atomic E-state index is 0.308. The predicted molar refractivity (Wildman–Crippen MR) is 136 cm³/mol. The van der Waals surface area contributed by atoms with E-state index in [2.05, 4.69) is 42.7 Å². The van der Waals surface area contributed by atoms with Crippen molar-refractivity contribution >= 4 is 17.7 Å². The average Bonchev–Trinajstić information content (AvgIpc) is 2.84. The van der Waals surface area contributed by atoms with Crippen molar-refractivity contribution in [2.75, 3.05) is 0 Å². The third-order valence-electron chi connectivity index (χ3n) is 5.79. The van der Waals surface area contributed by atoms with Gasteiger partial charge < -0.3 is 20.1 Å². The predicted octanol–water partition coefficient (Wildman–Crippen LogP) is 5.60. The third kappa shape index (κ3) is 5.72. The minimum Gasteiger partial charge on any atom is -0.489 e. The van der Waals surface area contributed by atoms with E-state index in [1.807, 2.05) is 54.6 Å². The monoisotopic (exact) mass is 470 g/mol. The molecule has 0 bridgehead atoms. The molecule has 4 rings (SSSR count). The van der Waals surface area contributed by atoms with Crippen molar-refractivity contribution in [3.05, 3.63) is 106 Å². The van der Waals surface area contributed by atoms with E-state index in [4.69, 9.17) is 9.47 Å². The molecule has 3 aromatic rings. The maximum absolute atomic E-state index is 13.2. The number of ether oxygens (including phenoxy) is 2. The zero-order valence-corrected chi connectivity index (χ0v) is 20.4. The molecule has 0 spiro atoms. The molecule has 0 saturated heterocycles. The van der Waals surface area contributed by atoms with E-state index in [-0.39, 0.29) is 6.10 Å². The van der Waals surface area contributed by atoms with Crippen molar-refractivity contribution in [1.29, 1.82) is 0 Å². The van der Waals surface area contributed by atoms with Crippen LogP contribution in [0.4, 0.5) is 4.79 Å². The maximum Gasteiger partial charge on any atom is 0.338 e. The number of carbonyl (C=O) groups is 2. The van der Waals surface area contributed by atoms with Crippen molar-refractivity contribution in [1.82, 2.24) is 10.6 Å². The fourth-order valence-electron chi connectivity index (χ4n) is 4.05. The molecule has 1 unspecified atom stereocenters. The second-order valence-corrected chi connectivity index (χ2v) is 8.93. The van der Waals surface area contributed by atoms with Crippen LogP contribution in [-0.4, -0.2) is 18.1 Å². The van der Waals surface area contributed by atoms with Crippen LogP contribution in [0.25, 0.3) is 5.70 Å². The fourth-order valence-corrected chi connectivity index (χ4v) is 4.05. The normalized spacial score (nSPS) is 15.5. The smallest absolute Gasteiger partial charge is 0.338 e. The van der Waals surface area contributed by atoms with E-state index < -0.39 is 18.0 Å². The number of urea groups is 1. The van der Waals surface area contributed by atoms with Gasteiger partial charge in [0.25, 0.3) is 0 Å². The van der Waals surface area contributed by atoms with Crippen molar-refractivity contribution in [2.24, 2.45) is 0 Å². The average molecular weight is 471 g/mol. The highest BCUT2D eigenvalue weighted by Gasteiger charge is 2.35. The quantitative estimate of drug-likeness (QED) is 0.441. The summed E-state index contributed by atoms with van der Waals surface area (Å²) in [6.07, 6.45) is -0.308. The van der Waals surface area contributed by atoms with Crippen LogP contribution < -0.4 is 15.4 Å². The minimum atomic E-state index is -0.700. The first-order valence-corrected chi connectivity index (χ1v) is 11.7. The zero-order chi connectivity index (χ0) is 24.9. The second-order valence-electron chi connectivity index (χ2n) is 8.93. The second kappa shape index (κ2) is 10.5. The molecular weight excluding hydrogens is 440 g/mol. The van der Waals surface area contributed by atoms with Crippen LogP contribution >= 0.6 is 0 Å². The fraction of sp³-hybridized carbons (Fsp3) is 0.241. The number of hydrogen-bond donors (Lipinski definition) is 2. The van der Waals surface area contributed by atoms with Gasteiger partial charge in [-0.15, -0.1) is 0 Å². The van der Waals surface area contributed by atoms with Gasteiger partial charge in [0.2, 0.25) is 0 Å². The largest absolute Gasteiger partial charge is 0.489 e. The third-order valence-corrected chi connectivity index (χ3v) is 5.79. The number of rotatable bonds is 7. The molecular formula is C29H30N2O4. The Balaban J connectivity index is 1.70. The Labute approximate surface area is 206 Å². The highest BCUT2D eigenvalue weighted by Crippen LogP contribution is 2.33. The van der Waals surface area contributed by atoms with Crippen molar-refractivity contribution in [3.63, 3.8) is 0 Å². The molecule has 0 saturated carbocycles. The van der Waals surface area contributed by atoms with Gasteiger partial charge in [0.05, 0.1) is 23.4 Å². The highest BCUT2D eigenvalue weighted by molar-refractivity contribution is 6.04. The van der Waals surface area contributed by atoms with Gasteiger partial charge in [-0.05, 0) is 62.1 Å². The lowest BCUT2D eigenvalue weighted by Gasteiger charge is -2.30. The Hall–Kier alpha value is -4.06. The molecule has 1 aliphatic rings. The highest BCUT2D eigenvalue weighted by atomic mass is 16.5. The van der Waals surface area contributed by atoms with Gasteiger partial charge >= 0.3 is 12.0 Å². The van der Waals surface area contributed by atoms with Gasteiger partial charge in [0.1, 0.15) is 12.4 Å². The summed E-state index contributed by atoms with van der Waals surface area (Å²) in [6, 6.07) is 21.9. The Morgan fingerprint density at radius 2 is 1.74 bits per heavy atom. The lowest BCUT2D eigenvalue weighted by atomic mass is 9.92. The summed E-state index contributed by atoms with van der Waals surface area (Å²) in [5, 5.41) is 5.70. The van der Waals surface area contributed by atoms with Gasteiger partial charge in [-0.3, -0.25) is 0 Å². The molecule has 1 heterocycles. The summed E-state index contributed by atoms with van der Waals surface area (Å²) < 4.78 is 11.7. The van der Waals surface area contributed by atoms with Gasteiger partial charge in [0.15, 0.2) is 0 Å². The molecule has 6 heteroatoms. The van der Waals surface area contributed by atoms with Crippen molar-refractivity contribution < 1.29 is 19.1 Å². The molecule has 0 fully saturated rings. The summed E-state index contributed by atoms with van der Waals surface area (Å²) in [5.74, 6) is 0.159. The number of benzene rings is 3. The maximum atomic E-state index is 13.2. The van der Waals surface area contributed by atoms with E-state index >= 15 is 0 Å². The first-order valence-electron chi connectivity index (χ1n) is 11.7. The Morgan fingerprint density at radius 1 is 0.971 bits per heavy atom. The molecule has 2 N–H and O–H groups in total. The Morgan fingerprint density at radius 3 is 2.49 bits per heavy atom. The van der Waals surface area contributed by atoms with Gasteiger partial charge in [0, 0.05) is 0 Å². The lowest BCUT2D eigenvalue weighted by Crippen LogP contribution is -2.45. The van der Waals surface area contributed by atoms with Crippen LogP contribution in [0.3, 0.4) is 0 Å². The summed E-state index contributed by atoms with van der Waals surface area (Å²) in [4.78, 5) is 25.9.